The Hall–Kier alpha value is -2.58. The Morgan fingerprint density at radius 3 is 2.05 bits per heavy atom. The molecular weight excluding hydrogens is 306 g/mol. The van der Waals surface area contributed by atoms with E-state index in [9.17, 15) is 13.2 Å². The molecule has 22 heavy (non-hydrogen) atoms. The van der Waals surface area contributed by atoms with Gasteiger partial charge < -0.3 is 5.32 Å². The number of aryl methyl sites for hydroxylation is 1. The molecule has 2 amide bonds. The van der Waals surface area contributed by atoms with Gasteiger partial charge in [-0.25, -0.2) is 4.79 Å². The molecule has 2 rings (SSSR count). The van der Waals surface area contributed by atoms with E-state index < -0.39 is 16.1 Å². The van der Waals surface area contributed by atoms with Gasteiger partial charge in [0.15, 0.2) is 0 Å². The van der Waals surface area contributed by atoms with Gasteiger partial charge in [0.2, 0.25) is 0 Å². The molecule has 0 heterocycles. The van der Waals surface area contributed by atoms with E-state index in [0.717, 1.165) is 11.3 Å². The lowest BCUT2D eigenvalue weighted by molar-refractivity contribution is 0.254. The summed E-state index contributed by atoms with van der Waals surface area (Å²) in [5.41, 5.74) is 7.39. The van der Waals surface area contributed by atoms with Crippen LogP contribution in [-0.2, 0) is 10.1 Å². The average molecular weight is 321 g/mol. The van der Waals surface area contributed by atoms with E-state index in [2.05, 4.69) is 16.2 Å². The van der Waals surface area contributed by atoms with Gasteiger partial charge in [-0.3, -0.25) is 15.4 Å². The number of anilines is 2. The van der Waals surface area contributed by atoms with Gasteiger partial charge in [0.1, 0.15) is 0 Å². The molecule has 0 spiro atoms. The molecule has 0 saturated carbocycles. The molecule has 0 radical (unpaired) electrons. The molecule has 0 saturated heterocycles. The van der Waals surface area contributed by atoms with Crippen LogP contribution < -0.4 is 16.2 Å². The van der Waals surface area contributed by atoms with Crippen LogP contribution in [0.3, 0.4) is 0 Å². The third-order valence-corrected chi connectivity index (χ3v) is 3.65. The molecule has 0 aliphatic rings. The van der Waals surface area contributed by atoms with Crippen LogP contribution in [0.15, 0.2) is 53.4 Å². The molecule has 0 aliphatic heterocycles. The van der Waals surface area contributed by atoms with Crippen molar-refractivity contribution < 1.29 is 17.8 Å². The van der Waals surface area contributed by atoms with Crippen molar-refractivity contribution in [3.63, 3.8) is 0 Å². The minimum Gasteiger partial charge on any atom is -0.307 e. The van der Waals surface area contributed by atoms with Crippen molar-refractivity contribution in [3.05, 3.63) is 54.1 Å². The number of hydrazine groups is 1. The van der Waals surface area contributed by atoms with Gasteiger partial charge in [0.25, 0.3) is 10.1 Å². The maximum Gasteiger partial charge on any atom is 0.337 e. The van der Waals surface area contributed by atoms with E-state index in [4.69, 9.17) is 4.55 Å². The second-order valence-corrected chi connectivity index (χ2v) is 5.99. The zero-order chi connectivity index (χ0) is 16.2. The van der Waals surface area contributed by atoms with Gasteiger partial charge in [0.05, 0.1) is 10.6 Å². The van der Waals surface area contributed by atoms with Crippen molar-refractivity contribution >= 4 is 27.5 Å². The van der Waals surface area contributed by atoms with Gasteiger partial charge in [-0.05, 0) is 43.3 Å². The van der Waals surface area contributed by atoms with Crippen LogP contribution in [0, 0.1) is 6.92 Å². The highest BCUT2D eigenvalue weighted by atomic mass is 32.2. The van der Waals surface area contributed by atoms with Gasteiger partial charge in [-0.2, -0.15) is 8.42 Å². The van der Waals surface area contributed by atoms with Gasteiger partial charge in [0, 0.05) is 5.69 Å². The fraction of sp³-hybridized carbons (Fsp3) is 0.0714. The Morgan fingerprint density at radius 1 is 0.955 bits per heavy atom. The summed E-state index contributed by atoms with van der Waals surface area (Å²) >= 11 is 0. The Kier molecular flexibility index (Phi) is 4.64. The molecule has 0 fully saturated rings. The lowest BCUT2D eigenvalue weighted by Crippen LogP contribution is -2.33. The number of rotatable bonds is 4. The largest absolute Gasteiger partial charge is 0.337 e. The number of carbonyl (C=O) groups excluding carboxylic acids is 1. The van der Waals surface area contributed by atoms with E-state index in [1.165, 1.54) is 24.3 Å². The van der Waals surface area contributed by atoms with Crippen molar-refractivity contribution in [2.24, 2.45) is 0 Å². The number of carbonyl (C=O) groups is 1. The Balaban J connectivity index is 1.90. The first-order valence-electron chi connectivity index (χ1n) is 6.32. The molecule has 7 nitrogen and oxygen atoms in total. The first-order valence-corrected chi connectivity index (χ1v) is 7.76. The standard InChI is InChI=1S/C14H15N3O4S/c1-10-2-4-12(5-3-10)16-17-14(18)15-11-6-8-13(9-7-11)22(19,20)21/h2-9,16H,1H3,(H2,15,17,18)(H,19,20,21). The van der Waals surface area contributed by atoms with Crippen LogP contribution in [0.4, 0.5) is 16.2 Å². The van der Waals surface area contributed by atoms with Crippen molar-refractivity contribution in [2.75, 3.05) is 10.7 Å². The fourth-order valence-corrected chi connectivity index (χ4v) is 2.12. The highest BCUT2D eigenvalue weighted by Gasteiger charge is 2.09. The zero-order valence-electron chi connectivity index (χ0n) is 11.7. The molecule has 0 aromatic heterocycles. The zero-order valence-corrected chi connectivity index (χ0v) is 12.5. The van der Waals surface area contributed by atoms with Crippen LogP contribution in [0.5, 0.6) is 0 Å². The minimum atomic E-state index is -4.24. The molecule has 116 valence electrons. The molecule has 0 bridgehead atoms. The predicted octanol–water partition coefficient (Wildman–Crippen LogP) is 2.39. The number of hydrogen-bond donors (Lipinski definition) is 4. The lowest BCUT2D eigenvalue weighted by atomic mass is 10.2. The number of amides is 2. The molecule has 2 aromatic rings. The van der Waals surface area contributed by atoms with Crippen LogP contribution in [0.1, 0.15) is 5.56 Å². The summed E-state index contributed by atoms with van der Waals surface area (Å²) in [4.78, 5) is 11.4. The topological polar surface area (TPSA) is 108 Å². The SMILES string of the molecule is Cc1ccc(NNC(=O)Nc2ccc(S(=O)(=O)O)cc2)cc1. The number of urea groups is 1. The van der Waals surface area contributed by atoms with E-state index in [1.807, 2.05) is 31.2 Å². The van der Waals surface area contributed by atoms with Crippen molar-refractivity contribution in [1.29, 1.82) is 0 Å². The van der Waals surface area contributed by atoms with Gasteiger partial charge >= 0.3 is 6.03 Å². The summed E-state index contributed by atoms with van der Waals surface area (Å²) in [5.74, 6) is 0. The van der Waals surface area contributed by atoms with E-state index >= 15 is 0 Å². The average Bonchev–Trinajstić information content (AvgIpc) is 2.46. The van der Waals surface area contributed by atoms with Crippen LogP contribution in [0.25, 0.3) is 0 Å². The van der Waals surface area contributed by atoms with Crippen LogP contribution in [-0.4, -0.2) is 19.0 Å². The van der Waals surface area contributed by atoms with E-state index in [0.29, 0.717) is 5.69 Å². The maximum absolute atomic E-state index is 11.7. The molecule has 8 heteroatoms. The molecule has 0 atom stereocenters. The first-order chi connectivity index (χ1) is 10.3. The Morgan fingerprint density at radius 2 is 1.50 bits per heavy atom. The maximum atomic E-state index is 11.7. The van der Waals surface area contributed by atoms with Gasteiger partial charge in [-0.15, -0.1) is 0 Å². The second kappa shape index (κ2) is 6.46. The third-order valence-electron chi connectivity index (χ3n) is 2.78. The number of nitrogens with one attached hydrogen (secondary N) is 3. The fourth-order valence-electron chi connectivity index (χ4n) is 1.64. The monoisotopic (exact) mass is 321 g/mol. The van der Waals surface area contributed by atoms with Crippen molar-refractivity contribution in [2.45, 2.75) is 11.8 Å². The summed E-state index contributed by atoms with van der Waals surface area (Å²) in [5, 5.41) is 2.51. The summed E-state index contributed by atoms with van der Waals surface area (Å²) < 4.78 is 30.6. The predicted molar refractivity (Wildman–Crippen MR) is 83.2 cm³/mol. The Bertz CT molecular complexity index is 756. The van der Waals surface area contributed by atoms with Crippen LogP contribution in [0.2, 0.25) is 0 Å². The first kappa shape index (κ1) is 15.8. The molecule has 0 aliphatic carbocycles. The molecule has 0 unspecified atom stereocenters. The van der Waals surface area contributed by atoms with Crippen molar-refractivity contribution in [3.8, 4) is 0 Å². The highest BCUT2D eigenvalue weighted by molar-refractivity contribution is 7.85. The van der Waals surface area contributed by atoms with Crippen LogP contribution >= 0.6 is 0 Å². The van der Waals surface area contributed by atoms with Gasteiger partial charge in [-0.1, -0.05) is 17.7 Å². The summed E-state index contributed by atoms with van der Waals surface area (Å²) in [6, 6.07) is 12.0. The highest BCUT2D eigenvalue weighted by Crippen LogP contribution is 2.13. The molecule has 4 N–H and O–H groups in total. The lowest BCUT2D eigenvalue weighted by Gasteiger charge is -2.10. The molecular formula is C14H15N3O4S. The summed E-state index contributed by atoms with van der Waals surface area (Å²) in [6.07, 6.45) is 0. The third kappa shape index (κ3) is 4.47. The molecule has 2 aromatic carbocycles. The number of hydrogen-bond acceptors (Lipinski definition) is 4. The summed E-state index contributed by atoms with van der Waals surface area (Å²) in [6.45, 7) is 1.96. The summed E-state index contributed by atoms with van der Waals surface area (Å²) in [7, 11) is -4.24. The second-order valence-electron chi connectivity index (χ2n) is 4.57. The van der Waals surface area contributed by atoms with E-state index in [1.54, 1.807) is 0 Å². The minimum absolute atomic E-state index is 0.240. The quantitative estimate of drug-likeness (QED) is 0.511. The Labute approximate surface area is 128 Å². The van der Waals surface area contributed by atoms with E-state index in [-0.39, 0.29) is 4.90 Å². The normalized spacial score (nSPS) is 10.8. The number of benzene rings is 2. The smallest absolute Gasteiger partial charge is 0.307 e. The van der Waals surface area contributed by atoms with Crippen molar-refractivity contribution in [1.82, 2.24) is 5.43 Å².